The summed E-state index contributed by atoms with van der Waals surface area (Å²) < 4.78 is 0. The van der Waals surface area contributed by atoms with Crippen molar-refractivity contribution in [2.75, 3.05) is 19.6 Å². The number of aliphatic carboxylic acids is 1. The van der Waals surface area contributed by atoms with Crippen LogP contribution in [0.2, 0.25) is 0 Å². The van der Waals surface area contributed by atoms with Crippen LogP contribution in [0.15, 0.2) is 0 Å². The van der Waals surface area contributed by atoms with Gasteiger partial charge < -0.3 is 15.3 Å². The predicted octanol–water partition coefficient (Wildman–Crippen LogP) is 1.33. The number of amides is 1. The molecule has 0 radical (unpaired) electrons. The van der Waals surface area contributed by atoms with Crippen molar-refractivity contribution in [3.8, 4) is 0 Å². The molecule has 1 heterocycles. The smallest absolute Gasteiger partial charge is 0.307 e. The molecule has 5 heteroatoms. The van der Waals surface area contributed by atoms with E-state index in [1.54, 1.807) is 0 Å². The molecule has 0 spiro atoms. The maximum absolute atomic E-state index is 12.1. The van der Waals surface area contributed by atoms with Gasteiger partial charge in [-0.2, -0.15) is 0 Å². The van der Waals surface area contributed by atoms with Gasteiger partial charge in [-0.3, -0.25) is 9.59 Å². The summed E-state index contributed by atoms with van der Waals surface area (Å²) >= 11 is 0. The molecule has 5 nitrogen and oxygen atoms in total. The maximum Gasteiger partial charge on any atom is 0.307 e. The quantitative estimate of drug-likeness (QED) is 0.798. The van der Waals surface area contributed by atoms with Crippen LogP contribution in [0, 0.1) is 17.8 Å². The molecule has 20 heavy (non-hydrogen) atoms. The van der Waals surface area contributed by atoms with Gasteiger partial charge in [-0.25, -0.2) is 0 Å². The predicted molar refractivity (Wildman–Crippen MR) is 76.3 cm³/mol. The number of carbonyl (C=O) groups excluding carboxylic acids is 1. The third-order valence-electron chi connectivity index (χ3n) is 4.78. The fourth-order valence-corrected chi connectivity index (χ4v) is 3.44. The normalized spacial score (nSPS) is 30.9. The second-order valence-electron chi connectivity index (χ2n) is 6.47. The number of carboxylic acids is 1. The summed E-state index contributed by atoms with van der Waals surface area (Å²) in [6, 6.07) is 0.557. The van der Waals surface area contributed by atoms with E-state index in [1.165, 1.54) is 0 Å². The van der Waals surface area contributed by atoms with E-state index < -0.39 is 11.9 Å². The first-order chi connectivity index (χ1) is 9.49. The van der Waals surface area contributed by atoms with Gasteiger partial charge >= 0.3 is 5.97 Å². The summed E-state index contributed by atoms with van der Waals surface area (Å²) in [5, 5.41) is 12.1. The fraction of sp³-hybridized carbons (Fsp3) is 0.867. The van der Waals surface area contributed by atoms with Crippen LogP contribution >= 0.6 is 0 Å². The van der Waals surface area contributed by atoms with Gasteiger partial charge in [-0.1, -0.05) is 6.42 Å². The number of rotatable bonds is 5. The molecule has 1 aliphatic heterocycles. The number of likely N-dealkylation sites (tertiary alicyclic amines) is 1. The molecule has 0 aromatic carbocycles. The summed E-state index contributed by atoms with van der Waals surface area (Å²) in [5.41, 5.74) is 0. The molecular formula is C15H26N2O3. The molecule has 2 N–H and O–H groups in total. The highest BCUT2D eigenvalue weighted by Gasteiger charge is 2.37. The van der Waals surface area contributed by atoms with Crippen molar-refractivity contribution in [3.05, 3.63) is 0 Å². The Morgan fingerprint density at radius 3 is 2.55 bits per heavy atom. The van der Waals surface area contributed by atoms with Crippen molar-refractivity contribution < 1.29 is 14.7 Å². The molecule has 1 saturated heterocycles. The van der Waals surface area contributed by atoms with Gasteiger partial charge in [0.05, 0.1) is 11.8 Å². The van der Waals surface area contributed by atoms with Crippen LogP contribution in [-0.2, 0) is 9.59 Å². The summed E-state index contributed by atoms with van der Waals surface area (Å²) in [6.45, 7) is 7.20. The number of hydrogen-bond donors (Lipinski definition) is 2. The van der Waals surface area contributed by atoms with Crippen molar-refractivity contribution >= 4 is 11.9 Å². The molecule has 0 bridgehead atoms. The number of carboxylic acid groups (broad SMARTS) is 1. The average Bonchev–Trinajstić information content (AvgIpc) is 3.04. The van der Waals surface area contributed by atoms with E-state index in [0.29, 0.717) is 31.3 Å². The lowest BCUT2D eigenvalue weighted by Gasteiger charge is -2.21. The molecule has 1 amide bonds. The Bertz CT molecular complexity index is 370. The summed E-state index contributed by atoms with van der Waals surface area (Å²) in [4.78, 5) is 25.7. The van der Waals surface area contributed by atoms with E-state index in [9.17, 15) is 9.59 Å². The average molecular weight is 282 g/mol. The molecule has 2 aliphatic rings. The zero-order chi connectivity index (χ0) is 14.7. The van der Waals surface area contributed by atoms with E-state index >= 15 is 0 Å². The van der Waals surface area contributed by atoms with Gasteiger partial charge in [0, 0.05) is 19.1 Å². The highest BCUT2D eigenvalue weighted by atomic mass is 16.4. The molecule has 0 aromatic heterocycles. The van der Waals surface area contributed by atoms with Crippen LogP contribution in [-0.4, -0.2) is 47.6 Å². The highest BCUT2D eigenvalue weighted by Crippen LogP contribution is 2.32. The third-order valence-corrected chi connectivity index (χ3v) is 4.78. The Balaban J connectivity index is 1.77. The highest BCUT2D eigenvalue weighted by molar-refractivity contribution is 5.85. The van der Waals surface area contributed by atoms with Gasteiger partial charge in [0.1, 0.15) is 0 Å². The zero-order valence-electron chi connectivity index (χ0n) is 12.5. The molecule has 3 unspecified atom stereocenters. The SMILES string of the molecule is CC(C)N1CCC(CNC(=O)C2CCCC2C(=O)O)C1. The molecule has 2 rings (SSSR count). The standard InChI is InChI=1S/C15H26N2O3/c1-10(2)17-7-6-11(9-17)8-16-14(18)12-4-3-5-13(12)15(19)20/h10-13H,3-9H2,1-2H3,(H,16,18)(H,19,20). The van der Waals surface area contributed by atoms with E-state index in [0.717, 1.165) is 25.9 Å². The Morgan fingerprint density at radius 2 is 1.95 bits per heavy atom. The third kappa shape index (κ3) is 3.51. The molecular weight excluding hydrogens is 256 g/mol. The van der Waals surface area contributed by atoms with Crippen molar-refractivity contribution in [2.24, 2.45) is 17.8 Å². The van der Waals surface area contributed by atoms with E-state index in [2.05, 4.69) is 24.1 Å². The van der Waals surface area contributed by atoms with Crippen molar-refractivity contribution in [3.63, 3.8) is 0 Å². The number of carbonyl (C=O) groups is 2. The molecule has 0 aromatic rings. The summed E-state index contributed by atoms with van der Waals surface area (Å²) in [6.07, 6.45) is 3.31. The van der Waals surface area contributed by atoms with Crippen LogP contribution < -0.4 is 5.32 Å². The monoisotopic (exact) mass is 282 g/mol. The largest absolute Gasteiger partial charge is 0.481 e. The van der Waals surface area contributed by atoms with Gasteiger partial charge in [-0.05, 0) is 45.6 Å². The van der Waals surface area contributed by atoms with Crippen molar-refractivity contribution in [1.29, 1.82) is 0 Å². The van der Waals surface area contributed by atoms with Crippen molar-refractivity contribution in [2.45, 2.75) is 45.6 Å². The maximum atomic E-state index is 12.1. The molecule has 1 saturated carbocycles. The van der Waals surface area contributed by atoms with Crippen LogP contribution in [0.3, 0.4) is 0 Å². The van der Waals surface area contributed by atoms with Gasteiger partial charge in [0.25, 0.3) is 0 Å². The Morgan fingerprint density at radius 1 is 1.25 bits per heavy atom. The topological polar surface area (TPSA) is 69.6 Å². The van der Waals surface area contributed by atoms with E-state index in [1.807, 2.05) is 0 Å². The van der Waals surface area contributed by atoms with Crippen LogP contribution in [0.1, 0.15) is 39.5 Å². The fourth-order valence-electron chi connectivity index (χ4n) is 3.44. The summed E-state index contributed by atoms with van der Waals surface area (Å²) in [5.74, 6) is -1.18. The Kier molecular flexibility index (Phi) is 5.02. The van der Waals surface area contributed by atoms with E-state index in [-0.39, 0.29) is 11.8 Å². The molecule has 1 aliphatic carbocycles. The lowest BCUT2D eigenvalue weighted by atomic mass is 9.95. The lowest BCUT2D eigenvalue weighted by Crippen LogP contribution is -2.38. The lowest BCUT2D eigenvalue weighted by molar-refractivity contribution is -0.146. The molecule has 2 fully saturated rings. The Hall–Kier alpha value is -1.10. The zero-order valence-corrected chi connectivity index (χ0v) is 12.5. The first-order valence-corrected chi connectivity index (χ1v) is 7.73. The van der Waals surface area contributed by atoms with E-state index in [4.69, 9.17) is 5.11 Å². The minimum Gasteiger partial charge on any atom is -0.481 e. The minimum atomic E-state index is -0.825. The number of nitrogens with zero attached hydrogens (tertiary/aromatic N) is 1. The van der Waals surface area contributed by atoms with Crippen LogP contribution in [0.25, 0.3) is 0 Å². The second kappa shape index (κ2) is 6.57. The Labute approximate surface area is 120 Å². The van der Waals surface area contributed by atoms with Gasteiger partial charge in [0.15, 0.2) is 0 Å². The molecule has 114 valence electrons. The van der Waals surface area contributed by atoms with Crippen molar-refractivity contribution in [1.82, 2.24) is 10.2 Å². The number of hydrogen-bond acceptors (Lipinski definition) is 3. The van der Waals surface area contributed by atoms with Crippen LogP contribution in [0.5, 0.6) is 0 Å². The first-order valence-electron chi connectivity index (χ1n) is 7.73. The van der Waals surface area contributed by atoms with Gasteiger partial charge in [0.2, 0.25) is 5.91 Å². The number of nitrogens with one attached hydrogen (secondary N) is 1. The van der Waals surface area contributed by atoms with Crippen LogP contribution in [0.4, 0.5) is 0 Å². The molecule has 3 atom stereocenters. The first kappa shape index (κ1) is 15.3. The second-order valence-corrected chi connectivity index (χ2v) is 6.47. The van der Waals surface area contributed by atoms with Gasteiger partial charge in [-0.15, -0.1) is 0 Å². The minimum absolute atomic E-state index is 0.0575. The summed E-state index contributed by atoms with van der Waals surface area (Å²) in [7, 11) is 0.